The van der Waals surface area contributed by atoms with Crippen LogP contribution in [0.2, 0.25) is 0 Å². The summed E-state index contributed by atoms with van der Waals surface area (Å²) in [5, 5.41) is 16.3. The highest BCUT2D eigenvalue weighted by Crippen LogP contribution is 2.33. The van der Waals surface area contributed by atoms with Crippen LogP contribution in [0.25, 0.3) is 16.4 Å². The summed E-state index contributed by atoms with van der Waals surface area (Å²) in [7, 11) is 0. The normalized spacial score (nSPS) is 18.2. The smallest absolute Gasteiger partial charge is 0.311 e. The molecule has 0 saturated heterocycles. The predicted octanol–water partition coefficient (Wildman–Crippen LogP) is 6.21. The summed E-state index contributed by atoms with van der Waals surface area (Å²) < 4.78 is 21.4. The monoisotopic (exact) mass is 593 g/mol. The minimum Gasteiger partial charge on any atom is -0.426 e. The third-order valence-corrected chi connectivity index (χ3v) is 8.29. The molecule has 2 fully saturated rings. The van der Waals surface area contributed by atoms with Crippen LogP contribution >= 0.6 is 0 Å². The number of imidazole rings is 1. The molecule has 2 aliphatic rings. The molecule has 44 heavy (non-hydrogen) atoms. The number of anilines is 3. The van der Waals surface area contributed by atoms with Gasteiger partial charge in [-0.25, -0.2) is 13.9 Å². The van der Waals surface area contributed by atoms with Crippen LogP contribution < -0.4 is 20.7 Å². The van der Waals surface area contributed by atoms with Gasteiger partial charge in [-0.05, 0) is 62.0 Å². The molecule has 2 saturated carbocycles. The summed E-state index contributed by atoms with van der Waals surface area (Å²) in [6, 6.07) is 17.5. The number of ether oxygens (including phenoxy) is 1. The number of esters is 1. The molecule has 0 bridgehead atoms. The summed E-state index contributed by atoms with van der Waals surface area (Å²) in [4.78, 5) is 34.1. The third-order valence-electron chi connectivity index (χ3n) is 8.29. The predicted molar refractivity (Wildman–Crippen MR) is 165 cm³/mol. The fourth-order valence-electron chi connectivity index (χ4n) is 5.82. The van der Waals surface area contributed by atoms with Crippen LogP contribution in [0.5, 0.6) is 5.75 Å². The number of carbonyl (C=O) groups excluding carboxylic acids is 2. The zero-order valence-electron chi connectivity index (χ0n) is 24.0. The first kappa shape index (κ1) is 27.8. The number of pyridine rings is 1. The van der Waals surface area contributed by atoms with Crippen molar-refractivity contribution in [2.75, 3.05) is 16.0 Å². The van der Waals surface area contributed by atoms with Gasteiger partial charge in [-0.1, -0.05) is 36.4 Å². The van der Waals surface area contributed by atoms with Crippen molar-refractivity contribution in [2.24, 2.45) is 5.92 Å². The molecule has 10 nitrogen and oxygen atoms in total. The van der Waals surface area contributed by atoms with E-state index in [9.17, 15) is 14.0 Å². The maximum absolute atomic E-state index is 14.1. The topological polar surface area (TPSA) is 123 Å². The molecule has 0 aliphatic heterocycles. The van der Waals surface area contributed by atoms with Crippen LogP contribution in [0.4, 0.5) is 21.6 Å². The van der Waals surface area contributed by atoms with Gasteiger partial charge in [0.1, 0.15) is 11.6 Å². The molecular formula is C33H32FN7O3. The van der Waals surface area contributed by atoms with Crippen LogP contribution in [0, 0.1) is 11.7 Å². The molecule has 2 aliphatic carbocycles. The van der Waals surface area contributed by atoms with E-state index in [1.54, 1.807) is 0 Å². The van der Waals surface area contributed by atoms with Crippen molar-refractivity contribution in [3.63, 3.8) is 0 Å². The quantitative estimate of drug-likeness (QED) is 0.136. The standard InChI is InChI=1S/C33H32FN7O3/c34-25-18-35-15-14-26(25)39-33(43)28-19-36-32-27(37-22-12-13-22)17-30(40-41(28)32)38-23-10-8-20(9-11-23)16-31(42)44-29-7-3-5-21-4-1-2-6-24(21)29/h1-7,14-15,17-20,22-23,37H,8-13,16H2,(H,38,40)(H,35,39,43). The lowest BCUT2D eigenvalue weighted by molar-refractivity contribution is -0.135. The Hall–Kier alpha value is -5.06. The fraction of sp³-hybridized carbons (Fsp3) is 0.303. The first-order chi connectivity index (χ1) is 21.5. The lowest BCUT2D eigenvalue weighted by Crippen LogP contribution is -2.28. The number of rotatable bonds is 9. The van der Waals surface area contributed by atoms with Crippen LogP contribution in [-0.4, -0.2) is 43.5 Å². The van der Waals surface area contributed by atoms with E-state index < -0.39 is 11.7 Å². The van der Waals surface area contributed by atoms with Crippen LogP contribution in [0.3, 0.4) is 0 Å². The van der Waals surface area contributed by atoms with Crippen LogP contribution in [0.15, 0.2) is 73.2 Å². The van der Waals surface area contributed by atoms with Gasteiger partial charge in [0.25, 0.3) is 5.91 Å². The first-order valence-electron chi connectivity index (χ1n) is 15.0. The maximum atomic E-state index is 14.1. The lowest BCUT2D eigenvalue weighted by atomic mass is 9.84. The summed E-state index contributed by atoms with van der Waals surface area (Å²) in [5.74, 6) is 0.0911. The zero-order chi connectivity index (χ0) is 30.0. The molecule has 5 aromatic rings. The Labute approximate surface area is 253 Å². The van der Waals surface area contributed by atoms with Gasteiger partial charge in [0.05, 0.1) is 23.8 Å². The highest BCUT2D eigenvalue weighted by Gasteiger charge is 2.27. The average molecular weight is 594 g/mol. The number of nitrogens with zero attached hydrogens (tertiary/aromatic N) is 4. The highest BCUT2D eigenvalue weighted by molar-refractivity contribution is 6.03. The van der Waals surface area contributed by atoms with E-state index in [4.69, 9.17) is 9.84 Å². The van der Waals surface area contributed by atoms with E-state index in [1.807, 2.05) is 48.5 Å². The molecule has 2 aromatic carbocycles. The van der Waals surface area contributed by atoms with Gasteiger partial charge in [0.15, 0.2) is 17.2 Å². The Balaban J connectivity index is 1.01. The second-order valence-corrected chi connectivity index (χ2v) is 11.6. The van der Waals surface area contributed by atoms with E-state index in [-0.39, 0.29) is 29.3 Å². The molecule has 3 aromatic heterocycles. The van der Waals surface area contributed by atoms with E-state index in [1.165, 1.54) is 23.0 Å². The largest absolute Gasteiger partial charge is 0.426 e. The maximum Gasteiger partial charge on any atom is 0.311 e. The third kappa shape index (κ3) is 6.03. The van der Waals surface area contributed by atoms with Gasteiger partial charge >= 0.3 is 5.97 Å². The molecule has 1 amide bonds. The number of benzene rings is 2. The van der Waals surface area contributed by atoms with Crippen molar-refractivity contribution in [2.45, 2.75) is 57.0 Å². The molecular weight excluding hydrogens is 561 g/mol. The van der Waals surface area contributed by atoms with Gasteiger partial charge in [-0.2, -0.15) is 0 Å². The Morgan fingerprint density at radius 3 is 2.50 bits per heavy atom. The number of halogens is 1. The lowest BCUT2D eigenvalue weighted by Gasteiger charge is -2.29. The second kappa shape index (κ2) is 11.9. The van der Waals surface area contributed by atoms with E-state index in [0.29, 0.717) is 29.7 Å². The number of carbonyl (C=O) groups is 2. The Morgan fingerprint density at radius 2 is 1.68 bits per heavy atom. The second-order valence-electron chi connectivity index (χ2n) is 11.6. The Bertz CT molecular complexity index is 1840. The van der Waals surface area contributed by atoms with Gasteiger partial charge in [-0.15, -0.1) is 5.10 Å². The van der Waals surface area contributed by atoms with Crippen molar-refractivity contribution in [1.29, 1.82) is 0 Å². The summed E-state index contributed by atoms with van der Waals surface area (Å²) >= 11 is 0. The van der Waals surface area contributed by atoms with Gasteiger partial charge in [0, 0.05) is 36.2 Å². The fourth-order valence-corrected chi connectivity index (χ4v) is 5.82. The summed E-state index contributed by atoms with van der Waals surface area (Å²) in [6.07, 6.45) is 9.92. The minimum atomic E-state index is -0.626. The highest BCUT2D eigenvalue weighted by atomic mass is 19.1. The summed E-state index contributed by atoms with van der Waals surface area (Å²) in [5.41, 5.74) is 1.52. The number of aromatic nitrogens is 4. The average Bonchev–Trinajstić information content (AvgIpc) is 3.74. The van der Waals surface area contributed by atoms with Crippen molar-refractivity contribution in [3.8, 4) is 5.75 Å². The molecule has 3 N–H and O–H groups in total. The Morgan fingerprint density at radius 1 is 0.909 bits per heavy atom. The summed E-state index contributed by atoms with van der Waals surface area (Å²) in [6.45, 7) is 0. The van der Waals surface area contributed by atoms with Crippen LogP contribution in [-0.2, 0) is 4.79 Å². The van der Waals surface area contributed by atoms with Gasteiger partial charge in [0.2, 0.25) is 0 Å². The van der Waals surface area contributed by atoms with Crippen molar-refractivity contribution in [3.05, 3.63) is 84.7 Å². The molecule has 0 spiro atoms. The van der Waals surface area contributed by atoms with Crippen molar-refractivity contribution in [1.82, 2.24) is 19.6 Å². The van der Waals surface area contributed by atoms with E-state index in [0.717, 1.165) is 61.2 Å². The molecule has 0 radical (unpaired) electrons. The molecule has 224 valence electrons. The molecule has 7 rings (SSSR count). The molecule has 11 heteroatoms. The van der Waals surface area contributed by atoms with Crippen molar-refractivity contribution >= 4 is 45.5 Å². The number of amides is 1. The first-order valence-corrected chi connectivity index (χ1v) is 15.0. The van der Waals surface area contributed by atoms with E-state index in [2.05, 4.69) is 25.9 Å². The van der Waals surface area contributed by atoms with Crippen LogP contribution in [0.1, 0.15) is 55.4 Å². The number of hydrogen-bond donors (Lipinski definition) is 3. The minimum absolute atomic E-state index is 0.0309. The Kier molecular flexibility index (Phi) is 7.51. The van der Waals surface area contributed by atoms with Crippen molar-refractivity contribution < 1.29 is 18.7 Å². The molecule has 0 atom stereocenters. The van der Waals surface area contributed by atoms with Gasteiger partial charge < -0.3 is 20.7 Å². The zero-order valence-corrected chi connectivity index (χ0v) is 24.0. The SMILES string of the molecule is O=C(CC1CCC(Nc2cc(NC3CC3)c3ncc(C(=O)Nc4ccncc4F)n3n2)CC1)Oc1cccc2ccccc12. The van der Waals surface area contributed by atoms with E-state index >= 15 is 0 Å². The number of nitrogens with one attached hydrogen (secondary N) is 3. The number of fused-ring (bicyclic) bond motifs is 2. The van der Waals surface area contributed by atoms with Gasteiger partial charge in [-0.3, -0.25) is 14.6 Å². The molecule has 0 unspecified atom stereocenters. The molecule has 3 heterocycles. The number of hydrogen-bond acceptors (Lipinski definition) is 8.